The van der Waals surface area contributed by atoms with Crippen molar-refractivity contribution in [1.82, 2.24) is 15.3 Å². The molecule has 1 rings (SSSR count). The van der Waals surface area contributed by atoms with Crippen molar-refractivity contribution in [2.45, 2.75) is 31.3 Å². The van der Waals surface area contributed by atoms with Crippen molar-refractivity contribution in [3.63, 3.8) is 0 Å². The van der Waals surface area contributed by atoms with Gasteiger partial charge >= 0.3 is 5.97 Å². The highest BCUT2D eigenvalue weighted by atomic mass is 16.5. The Morgan fingerprint density at radius 1 is 1.60 bits per heavy atom. The number of hydrogen-bond acceptors (Lipinski definition) is 5. The van der Waals surface area contributed by atoms with Gasteiger partial charge in [-0.05, 0) is 12.8 Å². The summed E-state index contributed by atoms with van der Waals surface area (Å²) in [6, 6.07) is -1.77. The molecule has 1 unspecified atom stereocenters. The zero-order valence-electron chi connectivity index (χ0n) is 11.3. The van der Waals surface area contributed by atoms with Gasteiger partial charge in [0.1, 0.15) is 6.04 Å². The third-order valence-corrected chi connectivity index (χ3v) is 2.79. The first-order valence-electron chi connectivity index (χ1n) is 6.29. The number of aromatic nitrogens is 2. The van der Waals surface area contributed by atoms with Crippen LogP contribution in [0.2, 0.25) is 0 Å². The lowest BCUT2D eigenvalue weighted by molar-refractivity contribution is -0.142. The molecule has 0 spiro atoms. The number of carboxylic acids is 1. The maximum Gasteiger partial charge on any atom is 0.326 e. The fourth-order valence-electron chi connectivity index (χ4n) is 1.67. The lowest BCUT2D eigenvalue weighted by Crippen LogP contribution is -2.49. The number of carboxylic acid groups (broad SMARTS) is 1. The maximum atomic E-state index is 11.8. The van der Waals surface area contributed by atoms with Crippen LogP contribution in [-0.4, -0.2) is 52.8 Å². The van der Waals surface area contributed by atoms with Crippen LogP contribution in [0.1, 0.15) is 18.5 Å². The van der Waals surface area contributed by atoms with E-state index in [1.165, 1.54) is 12.5 Å². The highest BCUT2D eigenvalue weighted by Crippen LogP contribution is 2.01. The van der Waals surface area contributed by atoms with Gasteiger partial charge in [0.15, 0.2) is 0 Å². The van der Waals surface area contributed by atoms with Crippen LogP contribution < -0.4 is 11.1 Å². The largest absolute Gasteiger partial charge is 0.480 e. The average molecular weight is 284 g/mol. The molecule has 112 valence electrons. The Kier molecular flexibility index (Phi) is 6.68. The molecule has 5 N–H and O–H groups in total. The summed E-state index contributed by atoms with van der Waals surface area (Å²) in [4.78, 5) is 29.5. The quantitative estimate of drug-likeness (QED) is 0.442. The standard InChI is InChI=1S/C12H20N4O4/c1-20-4-2-3-9(13)11(17)16-10(12(18)19)5-8-6-14-7-15-8/h6-7,9-10H,2-5,13H2,1H3,(H,14,15)(H,16,17)(H,18,19)/t9?,10-/m0/s1. The molecule has 0 aliphatic rings. The number of nitrogens with two attached hydrogens (primary N) is 1. The van der Waals surface area contributed by atoms with Gasteiger partial charge in [-0.1, -0.05) is 0 Å². The number of amides is 1. The van der Waals surface area contributed by atoms with Crippen LogP contribution in [0.4, 0.5) is 0 Å². The Labute approximate surface area is 116 Å². The molecule has 0 aliphatic heterocycles. The summed E-state index contributed by atoms with van der Waals surface area (Å²) < 4.78 is 4.87. The molecule has 0 aromatic carbocycles. The van der Waals surface area contributed by atoms with E-state index in [2.05, 4.69) is 15.3 Å². The van der Waals surface area contributed by atoms with E-state index in [9.17, 15) is 9.59 Å². The topological polar surface area (TPSA) is 130 Å². The Morgan fingerprint density at radius 2 is 2.35 bits per heavy atom. The second kappa shape index (κ2) is 8.28. The summed E-state index contributed by atoms with van der Waals surface area (Å²) in [7, 11) is 1.57. The van der Waals surface area contributed by atoms with Crippen LogP contribution in [0.5, 0.6) is 0 Å². The fraction of sp³-hybridized carbons (Fsp3) is 0.583. The number of nitrogens with one attached hydrogen (secondary N) is 2. The minimum Gasteiger partial charge on any atom is -0.480 e. The van der Waals surface area contributed by atoms with E-state index in [0.717, 1.165) is 0 Å². The van der Waals surface area contributed by atoms with Crippen LogP contribution >= 0.6 is 0 Å². The van der Waals surface area contributed by atoms with Crippen LogP contribution in [0.25, 0.3) is 0 Å². The molecule has 1 amide bonds. The zero-order valence-corrected chi connectivity index (χ0v) is 11.3. The Balaban J connectivity index is 2.48. The van der Waals surface area contributed by atoms with Crippen LogP contribution in [-0.2, 0) is 20.7 Å². The molecule has 1 aromatic heterocycles. The second-order valence-electron chi connectivity index (χ2n) is 4.42. The highest BCUT2D eigenvalue weighted by molar-refractivity contribution is 5.86. The minimum atomic E-state index is -1.11. The number of aromatic amines is 1. The minimum absolute atomic E-state index is 0.131. The fourth-order valence-corrected chi connectivity index (χ4v) is 1.67. The number of carbonyl (C=O) groups is 2. The molecule has 0 saturated heterocycles. The predicted molar refractivity (Wildman–Crippen MR) is 70.9 cm³/mol. The van der Waals surface area contributed by atoms with Crippen molar-refractivity contribution in [2.24, 2.45) is 5.73 Å². The zero-order chi connectivity index (χ0) is 15.0. The number of hydrogen-bond donors (Lipinski definition) is 4. The summed E-state index contributed by atoms with van der Waals surface area (Å²) in [5.41, 5.74) is 6.33. The summed E-state index contributed by atoms with van der Waals surface area (Å²) in [5, 5.41) is 11.5. The van der Waals surface area contributed by atoms with Gasteiger partial charge in [0.25, 0.3) is 0 Å². The monoisotopic (exact) mass is 284 g/mol. The molecule has 1 heterocycles. The number of ether oxygens (including phenoxy) is 1. The summed E-state index contributed by atoms with van der Waals surface area (Å²) in [5.74, 6) is -1.59. The van der Waals surface area contributed by atoms with Gasteiger partial charge in [-0.15, -0.1) is 0 Å². The van der Waals surface area contributed by atoms with E-state index < -0.39 is 24.0 Å². The van der Waals surface area contributed by atoms with E-state index in [4.69, 9.17) is 15.6 Å². The normalized spacial score (nSPS) is 13.7. The molecular weight excluding hydrogens is 264 g/mol. The number of imidazole rings is 1. The number of carbonyl (C=O) groups excluding carboxylic acids is 1. The first-order chi connectivity index (χ1) is 9.54. The van der Waals surface area contributed by atoms with Crippen molar-refractivity contribution in [2.75, 3.05) is 13.7 Å². The molecule has 8 heteroatoms. The van der Waals surface area contributed by atoms with Crippen molar-refractivity contribution >= 4 is 11.9 Å². The van der Waals surface area contributed by atoms with Gasteiger partial charge < -0.3 is 25.9 Å². The lowest BCUT2D eigenvalue weighted by Gasteiger charge is -2.17. The lowest BCUT2D eigenvalue weighted by atomic mass is 10.1. The van der Waals surface area contributed by atoms with Crippen molar-refractivity contribution in [1.29, 1.82) is 0 Å². The third-order valence-electron chi connectivity index (χ3n) is 2.79. The number of H-pyrrole nitrogens is 1. The molecule has 0 aliphatic carbocycles. The number of nitrogens with zero attached hydrogens (tertiary/aromatic N) is 1. The van der Waals surface area contributed by atoms with Gasteiger partial charge in [-0.2, -0.15) is 0 Å². The van der Waals surface area contributed by atoms with Crippen molar-refractivity contribution in [3.8, 4) is 0 Å². The SMILES string of the molecule is COCCCC(N)C(=O)N[C@@H](Cc1cnc[nH]1)C(=O)O. The summed E-state index contributed by atoms with van der Waals surface area (Å²) in [6.45, 7) is 0.511. The van der Waals surface area contributed by atoms with Gasteiger partial charge in [0.2, 0.25) is 5.91 Å². The van der Waals surface area contributed by atoms with E-state index in [1.54, 1.807) is 7.11 Å². The number of methoxy groups -OCH3 is 1. The van der Waals surface area contributed by atoms with Gasteiger partial charge in [-0.25, -0.2) is 9.78 Å². The van der Waals surface area contributed by atoms with Crippen LogP contribution in [0.15, 0.2) is 12.5 Å². The first-order valence-corrected chi connectivity index (χ1v) is 6.29. The third kappa shape index (κ3) is 5.37. The summed E-state index contributed by atoms with van der Waals surface area (Å²) >= 11 is 0. The predicted octanol–water partition coefficient (Wildman–Crippen LogP) is -0.724. The molecule has 0 saturated carbocycles. The highest BCUT2D eigenvalue weighted by Gasteiger charge is 2.23. The Morgan fingerprint density at radius 3 is 2.90 bits per heavy atom. The molecule has 20 heavy (non-hydrogen) atoms. The molecule has 0 bridgehead atoms. The summed E-state index contributed by atoms with van der Waals surface area (Å²) in [6.07, 6.45) is 4.18. The Hall–Kier alpha value is -1.93. The molecule has 8 nitrogen and oxygen atoms in total. The molecule has 2 atom stereocenters. The number of aliphatic carboxylic acids is 1. The van der Waals surface area contributed by atoms with Crippen LogP contribution in [0, 0.1) is 0 Å². The maximum absolute atomic E-state index is 11.8. The van der Waals surface area contributed by atoms with Gasteiger partial charge in [0, 0.05) is 32.0 Å². The van der Waals surface area contributed by atoms with Gasteiger partial charge in [0.05, 0.1) is 12.4 Å². The van der Waals surface area contributed by atoms with E-state index in [0.29, 0.717) is 25.1 Å². The smallest absolute Gasteiger partial charge is 0.326 e. The average Bonchev–Trinajstić information content (AvgIpc) is 2.90. The first kappa shape index (κ1) is 16.1. The van der Waals surface area contributed by atoms with Crippen molar-refractivity contribution < 1.29 is 19.4 Å². The van der Waals surface area contributed by atoms with E-state index in [-0.39, 0.29) is 6.42 Å². The molecule has 0 radical (unpaired) electrons. The van der Waals surface area contributed by atoms with Crippen LogP contribution in [0.3, 0.4) is 0 Å². The number of rotatable bonds is 9. The Bertz CT molecular complexity index is 421. The van der Waals surface area contributed by atoms with E-state index >= 15 is 0 Å². The second-order valence-corrected chi connectivity index (χ2v) is 4.42. The molecular formula is C12H20N4O4. The van der Waals surface area contributed by atoms with Gasteiger partial charge in [-0.3, -0.25) is 4.79 Å². The molecule has 1 aromatic rings. The molecule has 0 fully saturated rings. The van der Waals surface area contributed by atoms with Crippen molar-refractivity contribution in [3.05, 3.63) is 18.2 Å². The van der Waals surface area contributed by atoms with E-state index in [1.807, 2.05) is 0 Å².